The highest BCUT2D eigenvalue weighted by Gasteiger charge is 2.11. The Labute approximate surface area is 175 Å². The number of amides is 1. The Balaban J connectivity index is 1.79. The predicted molar refractivity (Wildman–Crippen MR) is 112 cm³/mol. The van der Waals surface area contributed by atoms with Crippen molar-refractivity contribution in [1.82, 2.24) is 9.97 Å². The van der Waals surface area contributed by atoms with Crippen LogP contribution >= 0.6 is 39.1 Å². The lowest BCUT2D eigenvalue weighted by atomic mass is 10.1. The molecule has 0 aliphatic carbocycles. The van der Waals surface area contributed by atoms with E-state index in [1.807, 2.05) is 30.3 Å². The molecular formula is C19H15BrCl2N4O. The number of carbonyl (C=O) groups is 1. The summed E-state index contributed by atoms with van der Waals surface area (Å²) >= 11 is 15.5. The third-order valence-corrected chi connectivity index (χ3v) is 4.93. The molecule has 0 saturated carbocycles. The molecule has 5 nitrogen and oxygen atoms in total. The minimum Gasteiger partial charge on any atom is -0.364 e. The van der Waals surface area contributed by atoms with Gasteiger partial charge in [0.1, 0.15) is 5.69 Å². The Morgan fingerprint density at radius 3 is 2.48 bits per heavy atom. The van der Waals surface area contributed by atoms with Crippen molar-refractivity contribution in [2.45, 2.75) is 6.42 Å². The number of anilines is 1. The van der Waals surface area contributed by atoms with E-state index >= 15 is 0 Å². The Bertz CT molecular complexity index is 980. The molecule has 1 amide bonds. The second-order valence-electron chi connectivity index (χ2n) is 5.75. The lowest BCUT2D eigenvalue weighted by Gasteiger charge is -2.10. The maximum Gasteiger partial charge on any atom is 0.267 e. The van der Waals surface area contributed by atoms with Gasteiger partial charge in [0, 0.05) is 26.6 Å². The molecule has 3 aromatic rings. The van der Waals surface area contributed by atoms with Crippen LogP contribution in [0.1, 0.15) is 16.1 Å². The molecule has 0 unspecified atom stereocenters. The van der Waals surface area contributed by atoms with E-state index in [4.69, 9.17) is 28.9 Å². The van der Waals surface area contributed by atoms with Crippen molar-refractivity contribution in [3.05, 3.63) is 74.3 Å². The number of rotatable bonds is 6. The Hall–Kier alpha value is -2.15. The average Bonchev–Trinajstić information content (AvgIpc) is 2.64. The summed E-state index contributed by atoms with van der Waals surface area (Å²) in [5, 5.41) is 4.32. The number of primary amides is 1. The molecule has 0 aliphatic heterocycles. The zero-order valence-corrected chi connectivity index (χ0v) is 17.1. The molecule has 0 saturated heterocycles. The maximum absolute atomic E-state index is 11.6. The van der Waals surface area contributed by atoms with Crippen molar-refractivity contribution in [2.75, 3.05) is 11.9 Å². The number of nitrogens with two attached hydrogens (primary N) is 1. The van der Waals surface area contributed by atoms with Gasteiger partial charge in [0.15, 0.2) is 0 Å². The largest absolute Gasteiger partial charge is 0.364 e. The molecule has 138 valence electrons. The molecule has 8 heteroatoms. The summed E-state index contributed by atoms with van der Waals surface area (Å²) in [7, 11) is 0. The summed E-state index contributed by atoms with van der Waals surface area (Å²) in [6.45, 7) is 0.531. The molecule has 0 radical (unpaired) electrons. The first kappa shape index (κ1) is 19.6. The normalized spacial score (nSPS) is 10.6. The minimum atomic E-state index is -0.612. The van der Waals surface area contributed by atoms with Gasteiger partial charge in [-0.15, -0.1) is 0 Å². The topological polar surface area (TPSA) is 80.9 Å². The van der Waals surface area contributed by atoms with Crippen LogP contribution in [-0.2, 0) is 6.42 Å². The Morgan fingerprint density at radius 1 is 1.07 bits per heavy atom. The highest BCUT2D eigenvalue weighted by atomic mass is 79.9. The Kier molecular flexibility index (Phi) is 6.31. The number of nitrogens with one attached hydrogen (secondary N) is 1. The van der Waals surface area contributed by atoms with Gasteiger partial charge >= 0.3 is 0 Å². The summed E-state index contributed by atoms with van der Waals surface area (Å²) < 4.78 is 0.952. The zero-order chi connectivity index (χ0) is 19.4. The lowest BCUT2D eigenvalue weighted by Crippen LogP contribution is -2.16. The van der Waals surface area contributed by atoms with E-state index < -0.39 is 5.91 Å². The molecule has 0 spiro atoms. The number of nitrogens with zero attached hydrogens (tertiary/aromatic N) is 2. The van der Waals surface area contributed by atoms with E-state index in [-0.39, 0.29) is 5.69 Å². The van der Waals surface area contributed by atoms with Gasteiger partial charge < -0.3 is 11.1 Å². The first-order valence-corrected chi connectivity index (χ1v) is 9.60. The molecule has 3 rings (SSSR count). The summed E-state index contributed by atoms with van der Waals surface area (Å²) in [6, 6.07) is 14.5. The number of carbonyl (C=O) groups excluding carboxylic acids is 1. The molecule has 0 bridgehead atoms. The van der Waals surface area contributed by atoms with Crippen LogP contribution in [0.25, 0.3) is 11.3 Å². The number of aromatic nitrogens is 2. The van der Waals surface area contributed by atoms with Crippen LogP contribution in [0.3, 0.4) is 0 Å². The predicted octanol–water partition coefficient (Wildman–Crippen LogP) is 4.97. The second-order valence-corrected chi connectivity index (χ2v) is 7.50. The van der Waals surface area contributed by atoms with Crippen LogP contribution in [0.2, 0.25) is 10.0 Å². The van der Waals surface area contributed by atoms with Gasteiger partial charge in [0.05, 0.1) is 5.69 Å². The number of hydrogen-bond acceptors (Lipinski definition) is 4. The smallest absolute Gasteiger partial charge is 0.267 e. The maximum atomic E-state index is 11.6. The van der Waals surface area contributed by atoms with E-state index in [1.54, 1.807) is 18.2 Å². The third kappa shape index (κ3) is 5.19. The van der Waals surface area contributed by atoms with Crippen molar-refractivity contribution in [3.8, 4) is 11.3 Å². The van der Waals surface area contributed by atoms with Crippen molar-refractivity contribution in [1.29, 1.82) is 0 Å². The molecule has 0 atom stereocenters. The van der Waals surface area contributed by atoms with Gasteiger partial charge in [-0.2, -0.15) is 0 Å². The van der Waals surface area contributed by atoms with Crippen molar-refractivity contribution >= 4 is 51.0 Å². The quantitative estimate of drug-likeness (QED) is 0.538. The Morgan fingerprint density at radius 2 is 1.81 bits per heavy atom. The fourth-order valence-electron chi connectivity index (χ4n) is 2.45. The molecule has 3 N–H and O–H groups in total. The van der Waals surface area contributed by atoms with Gasteiger partial charge in [-0.25, -0.2) is 9.97 Å². The van der Waals surface area contributed by atoms with E-state index in [0.29, 0.717) is 34.7 Å². The first-order chi connectivity index (χ1) is 12.9. The third-order valence-electron chi connectivity index (χ3n) is 3.81. The summed E-state index contributed by atoms with van der Waals surface area (Å²) in [5.74, 6) is -0.283. The van der Waals surface area contributed by atoms with E-state index in [0.717, 1.165) is 15.6 Å². The van der Waals surface area contributed by atoms with Crippen molar-refractivity contribution in [2.24, 2.45) is 5.73 Å². The SMILES string of the molecule is NC(=O)c1cc(-c2ccc(Br)cc2)nc(NCCc2ccc(Cl)cc2Cl)n1. The van der Waals surface area contributed by atoms with Crippen LogP contribution in [0, 0.1) is 0 Å². The van der Waals surface area contributed by atoms with Crippen LogP contribution in [0.4, 0.5) is 5.95 Å². The van der Waals surface area contributed by atoms with Gasteiger partial charge in [-0.05, 0) is 42.3 Å². The van der Waals surface area contributed by atoms with Crippen LogP contribution in [-0.4, -0.2) is 22.4 Å². The molecule has 0 aliphatic rings. The van der Waals surface area contributed by atoms with Crippen molar-refractivity contribution in [3.63, 3.8) is 0 Å². The van der Waals surface area contributed by atoms with Crippen molar-refractivity contribution < 1.29 is 4.79 Å². The van der Waals surface area contributed by atoms with Crippen LogP contribution in [0.5, 0.6) is 0 Å². The number of halogens is 3. The van der Waals surface area contributed by atoms with E-state index in [2.05, 4.69) is 31.2 Å². The fourth-order valence-corrected chi connectivity index (χ4v) is 3.22. The molecule has 27 heavy (non-hydrogen) atoms. The fraction of sp³-hybridized carbons (Fsp3) is 0.105. The molecule has 1 heterocycles. The summed E-state index contributed by atoms with van der Waals surface area (Å²) in [4.78, 5) is 20.3. The summed E-state index contributed by atoms with van der Waals surface area (Å²) in [6.07, 6.45) is 0.647. The van der Waals surface area contributed by atoms with Gasteiger partial charge in [-0.3, -0.25) is 4.79 Å². The summed E-state index contributed by atoms with van der Waals surface area (Å²) in [5.41, 5.74) is 7.98. The first-order valence-electron chi connectivity index (χ1n) is 8.05. The molecular weight excluding hydrogens is 451 g/mol. The second kappa shape index (κ2) is 8.69. The molecule has 0 fully saturated rings. The molecule has 2 aromatic carbocycles. The molecule has 1 aromatic heterocycles. The minimum absolute atomic E-state index is 0.148. The number of hydrogen-bond donors (Lipinski definition) is 2. The van der Waals surface area contributed by atoms with E-state index in [1.165, 1.54) is 0 Å². The highest BCUT2D eigenvalue weighted by Crippen LogP contribution is 2.23. The van der Waals surface area contributed by atoms with Crippen LogP contribution in [0.15, 0.2) is 53.0 Å². The average molecular weight is 466 g/mol. The van der Waals surface area contributed by atoms with E-state index in [9.17, 15) is 4.79 Å². The van der Waals surface area contributed by atoms with Gasteiger partial charge in [0.25, 0.3) is 5.91 Å². The monoisotopic (exact) mass is 464 g/mol. The standard InChI is InChI=1S/C19H15BrCl2N4O/c20-13-4-1-12(2-5-13)16-10-17(18(23)27)26-19(25-16)24-8-7-11-3-6-14(21)9-15(11)22/h1-6,9-10H,7-8H2,(H2,23,27)(H,24,25,26). The number of benzene rings is 2. The van der Waals surface area contributed by atoms with Gasteiger partial charge in [0.2, 0.25) is 5.95 Å². The zero-order valence-electron chi connectivity index (χ0n) is 14.0. The van der Waals surface area contributed by atoms with Crippen LogP contribution < -0.4 is 11.1 Å². The highest BCUT2D eigenvalue weighted by molar-refractivity contribution is 9.10. The lowest BCUT2D eigenvalue weighted by molar-refractivity contribution is 0.0995. The van der Waals surface area contributed by atoms with Gasteiger partial charge in [-0.1, -0.05) is 57.3 Å².